The molecule has 6 nitrogen and oxygen atoms in total. The van der Waals surface area contributed by atoms with Gasteiger partial charge in [-0.1, -0.05) is 54.2 Å². The summed E-state index contributed by atoms with van der Waals surface area (Å²) in [5, 5.41) is 9.75. The second-order valence-corrected chi connectivity index (χ2v) is 10.4. The van der Waals surface area contributed by atoms with E-state index < -0.39 is 0 Å². The molecule has 2 aromatic carbocycles. The number of anilines is 1. The average molecular weight is 486 g/mol. The molecule has 1 fully saturated rings. The Kier molecular flexibility index (Phi) is 5.84. The van der Waals surface area contributed by atoms with E-state index in [1.165, 1.54) is 11.8 Å². The maximum Gasteiger partial charge on any atom is 0.238 e. The first kappa shape index (κ1) is 21.4. The van der Waals surface area contributed by atoms with Crippen LogP contribution in [-0.2, 0) is 4.79 Å². The van der Waals surface area contributed by atoms with E-state index in [9.17, 15) is 4.79 Å². The lowest BCUT2D eigenvalue weighted by Gasteiger charge is -2.37. The Morgan fingerprint density at radius 1 is 0.971 bits per heavy atom. The van der Waals surface area contributed by atoms with Crippen LogP contribution in [0.4, 0.5) is 5.69 Å². The zero-order chi connectivity index (χ0) is 22.9. The Balaban J connectivity index is 1.28. The number of hydrogen-bond acceptors (Lipinski definition) is 6. The highest BCUT2D eigenvalue weighted by Gasteiger charge is 2.34. The van der Waals surface area contributed by atoms with E-state index in [0.717, 1.165) is 51.3 Å². The second-order valence-electron chi connectivity index (χ2n) is 8.40. The van der Waals surface area contributed by atoms with Gasteiger partial charge in [0.15, 0.2) is 11.0 Å². The van der Waals surface area contributed by atoms with E-state index in [-0.39, 0.29) is 11.9 Å². The van der Waals surface area contributed by atoms with Gasteiger partial charge in [-0.25, -0.2) is 0 Å². The van der Waals surface area contributed by atoms with Crippen LogP contribution in [0.2, 0.25) is 0 Å². The quantitative estimate of drug-likeness (QED) is 0.329. The monoisotopic (exact) mass is 485 g/mol. The summed E-state index contributed by atoms with van der Waals surface area (Å²) in [4.78, 5) is 21.0. The van der Waals surface area contributed by atoms with Crippen molar-refractivity contribution in [2.24, 2.45) is 0 Å². The van der Waals surface area contributed by atoms with Crippen molar-refractivity contribution in [2.75, 3.05) is 16.4 Å². The summed E-state index contributed by atoms with van der Waals surface area (Å²) in [6.45, 7) is 0. The van der Waals surface area contributed by atoms with Crippen LogP contribution in [0.15, 0.2) is 89.2 Å². The third-order valence-corrected chi connectivity index (χ3v) is 8.19. The molecule has 1 aliphatic carbocycles. The molecular weight excluding hydrogens is 462 g/mol. The molecule has 1 saturated carbocycles. The van der Waals surface area contributed by atoms with Gasteiger partial charge in [0.2, 0.25) is 5.91 Å². The molecule has 1 atom stereocenters. The number of thioether (sulfide) groups is 2. The highest BCUT2D eigenvalue weighted by atomic mass is 32.2. The number of fused-ring (bicyclic) bond motifs is 1. The lowest BCUT2D eigenvalue weighted by molar-refractivity contribution is -0.116. The molecular formula is C26H23N5OS2. The standard InChI is InChI=1S/C26H23N5OS2/c32-24(17-34-26-29-28-25(30(26)20-10-11-20)19-12-14-27-15-13-19)31-21-8-4-5-9-23(21)33-16-22(31)18-6-2-1-3-7-18/h1-9,12-15,20,22H,10-11,16-17H2. The second kappa shape index (κ2) is 9.27. The Bertz CT molecular complexity index is 1310. The van der Waals surface area contributed by atoms with Gasteiger partial charge in [0.25, 0.3) is 0 Å². The molecule has 1 aliphatic heterocycles. The number of aromatic nitrogens is 4. The van der Waals surface area contributed by atoms with Gasteiger partial charge in [-0.2, -0.15) is 0 Å². The van der Waals surface area contributed by atoms with Crippen molar-refractivity contribution in [3.63, 3.8) is 0 Å². The maximum atomic E-state index is 13.7. The predicted octanol–water partition coefficient (Wildman–Crippen LogP) is 5.65. The molecule has 170 valence electrons. The summed E-state index contributed by atoms with van der Waals surface area (Å²) < 4.78 is 2.20. The molecule has 34 heavy (non-hydrogen) atoms. The minimum absolute atomic E-state index is 0.00267. The van der Waals surface area contributed by atoms with Crippen molar-refractivity contribution in [1.29, 1.82) is 0 Å². The van der Waals surface area contributed by atoms with Gasteiger partial charge in [-0.15, -0.1) is 22.0 Å². The first-order chi connectivity index (χ1) is 16.8. The van der Waals surface area contributed by atoms with Gasteiger partial charge in [0, 0.05) is 34.6 Å². The number of pyridine rings is 1. The molecule has 1 unspecified atom stereocenters. The molecule has 0 N–H and O–H groups in total. The predicted molar refractivity (Wildman–Crippen MR) is 136 cm³/mol. The molecule has 2 aliphatic rings. The Morgan fingerprint density at radius 3 is 2.53 bits per heavy atom. The zero-order valence-corrected chi connectivity index (χ0v) is 20.1. The van der Waals surface area contributed by atoms with E-state index in [4.69, 9.17) is 0 Å². The fourth-order valence-electron chi connectivity index (χ4n) is 4.35. The summed E-state index contributed by atoms with van der Waals surface area (Å²) in [6, 6.07) is 22.8. The van der Waals surface area contributed by atoms with Crippen LogP contribution in [-0.4, -0.2) is 37.2 Å². The molecule has 0 radical (unpaired) electrons. The third-order valence-electron chi connectivity index (χ3n) is 6.13. The van der Waals surface area contributed by atoms with Crippen LogP contribution in [0.1, 0.15) is 30.5 Å². The Labute approximate surface area is 206 Å². The normalized spacial score (nSPS) is 17.4. The molecule has 1 amide bonds. The van der Waals surface area contributed by atoms with Crippen molar-refractivity contribution in [2.45, 2.75) is 35.0 Å². The van der Waals surface area contributed by atoms with Crippen LogP contribution < -0.4 is 4.90 Å². The lowest BCUT2D eigenvalue weighted by atomic mass is 10.1. The zero-order valence-electron chi connectivity index (χ0n) is 18.4. The Hall–Kier alpha value is -3.10. The average Bonchev–Trinajstić information content (AvgIpc) is 3.66. The highest BCUT2D eigenvalue weighted by Crippen LogP contribution is 2.44. The van der Waals surface area contributed by atoms with Crippen LogP contribution in [0, 0.1) is 0 Å². The largest absolute Gasteiger partial charge is 0.302 e. The molecule has 4 aromatic rings. The van der Waals surface area contributed by atoms with Crippen molar-refractivity contribution in [1.82, 2.24) is 19.7 Å². The van der Waals surface area contributed by atoms with E-state index in [1.807, 2.05) is 65.2 Å². The number of para-hydroxylation sites is 1. The topological polar surface area (TPSA) is 63.9 Å². The van der Waals surface area contributed by atoms with Crippen molar-refractivity contribution in [3.05, 3.63) is 84.7 Å². The SMILES string of the molecule is O=C(CSc1nnc(-c2ccncc2)n1C1CC1)N1c2ccccc2SCC1c1ccccc1. The molecule has 6 rings (SSSR count). The number of rotatable bonds is 6. The van der Waals surface area contributed by atoms with E-state index >= 15 is 0 Å². The van der Waals surface area contributed by atoms with Crippen molar-refractivity contribution < 1.29 is 4.79 Å². The fourth-order valence-corrected chi connectivity index (χ4v) is 6.38. The number of benzene rings is 2. The summed E-state index contributed by atoms with van der Waals surface area (Å²) in [6.07, 6.45) is 5.77. The highest BCUT2D eigenvalue weighted by molar-refractivity contribution is 8.00. The summed E-state index contributed by atoms with van der Waals surface area (Å²) >= 11 is 3.29. The van der Waals surface area contributed by atoms with Gasteiger partial charge in [-0.3, -0.25) is 14.3 Å². The van der Waals surface area contributed by atoms with Gasteiger partial charge in [0.1, 0.15) is 0 Å². The van der Waals surface area contributed by atoms with Gasteiger partial charge in [0.05, 0.1) is 17.5 Å². The minimum Gasteiger partial charge on any atom is -0.302 e. The molecule has 0 bridgehead atoms. The first-order valence-electron chi connectivity index (χ1n) is 11.4. The van der Waals surface area contributed by atoms with Gasteiger partial charge in [-0.05, 0) is 42.7 Å². The lowest BCUT2D eigenvalue weighted by Crippen LogP contribution is -2.39. The Morgan fingerprint density at radius 2 is 1.74 bits per heavy atom. The van der Waals surface area contributed by atoms with Crippen molar-refractivity contribution in [3.8, 4) is 11.4 Å². The minimum atomic E-state index is 0.00267. The molecule has 3 heterocycles. The van der Waals surface area contributed by atoms with Crippen molar-refractivity contribution >= 4 is 35.1 Å². The maximum absolute atomic E-state index is 13.7. The van der Waals surface area contributed by atoms with Crippen LogP contribution in [0.25, 0.3) is 11.4 Å². The summed E-state index contributed by atoms with van der Waals surface area (Å²) in [5.41, 5.74) is 3.14. The number of carbonyl (C=O) groups excluding carboxylic acids is 1. The molecule has 8 heteroatoms. The molecule has 0 spiro atoms. The number of hydrogen-bond donors (Lipinski definition) is 0. The van der Waals surface area contributed by atoms with Gasteiger partial charge >= 0.3 is 0 Å². The van der Waals surface area contributed by atoms with Crippen LogP contribution >= 0.6 is 23.5 Å². The van der Waals surface area contributed by atoms with Crippen LogP contribution in [0.5, 0.6) is 0 Å². The smallest absolute Gasteiger partial charge is 0.238 e. The molecule has 2 aromatic heterocycles. The number of carbonyl (C=O) groups is 1. The number of amides is 1. The summed E-state index contributed by atoms with van der Waals surface area (Å²) in [7, 11) is 0. The first-order valence-corrected chi connectivity index (χ1v) is 13.3. The van der Waals surface area contributed by atoms with E-state index in [2.05, 4.69) is 37.9 Å². The number of nitrogens with zero attached hydrogens (tertiary/aromatic N) is 5. The molecule has 0 saturated heterocycles. The van der Waals surface area contributed by atoms with Gasteiger partial charge < -0.3 is 4.90 Å². The van der Waals surface area contributed by atoms with E-state index in [1.54, 1.807) is 12.4 Å². The van der Waals surface area contributed by atoms with E-state index in [0.29, 0.717) is 11.8 Å². The third kappa shape index (κ3) is 4.12. The fraction of sp³-hybridized carbons (Fsp3) is 0.231. The summed E-state index contributed by atoms with van der Waals surface area (Å²) in [5.74, 6) is 2.08. The van der Waals surface area contributed by atoms with Crippen LogP contribution in [0.3, 0.4) is 0 Å².